The van der Waals surface area contributed by atoms with Crippen molar-refractivity contribution < 1.29 is 23.3 Å². The second-order valence-electron chi connectivity index (χ2n) is 16.3. The summed E-state index contributed by atoms with van der Waals surface area (Å²) in [4.78, 5) is 0. The van der Waals surface area contributed by atoms with Crippen LogP contribution >= 0.6 is 24.8 Å². The first-order chi connectivity index (χ1) is 25.4. The molecule has 0 saturated heterocycles. The van der Waals surface area contributed by atoms with Gasteiger partial charge in [0.15, 0.2) is 0 Å². The minimum absolute atomic E-state index is 0. The Bertz CT molecular complexity index is 1870. The van der Waals surface area contributed by atoms with E-state index in [-0.39, 0.29) is 39.7 Å². The molecule has 6 aromatic rings. The topological polar surface area (TPSA) is 0 Å². The molecule has 8 rings (SSSR count). The van der Waals surface area contributed by atoms with E-state index in [1.807, 2.05) is 0 Å². The van der Waals surface area contributed by atoms with E-state index in [1.165, 1.54) is 168 Å². The van der Waals surface area contributed by atoms with Gasteiger partial charge in [0.25, 0.3) is 0 Å². The van der Waals surface area contributed by atoms with Crippen LogP contribution in [0, 0.1) is 39.5 Å². The molecule has 6 aromatic carbocycles. The van der Waals surface area contributed by atoms with Crippen molar-refractivity contribution in [2.45, 2.75) is 118 Å². The Morgan fingerprint density at radius 1 is 0.518 bits per heavy atom. The van der Waals surface area contributed by atoms with E-state index in [2.05, 4.69) is 144 Å². The summed E-state index contributed by atoms with van der Waals surface area (Å²) in [6.07, 6.45) is 19.3. The molecule has 0 nitrogen and oxygen atoms in total. The quantitative estimate of drug-likeness (QED) is 0.106. The van der Waals surface area contributed by atoms with Gasteiger partial charge in [0.05, 0.1) is 0 Å². The van der Waals surface area contributed by atoms with Gasteiger partial charge in [-0.3, -0.25) is 0 Å². The van der Waals surface area contributed by atoms with Crippen molar-refractivity contribution in [1.82, 2.24) is 0 Å². The maximum absolute atomic E-state index is 3.06. The van der Waals surface area contributed by atoms with E-state index in [1.54, 1.807) is 11.1 Å². The minimum atomic E-state index is 0. The molecule has 2 fully saturated rings. The summed E-state index contributed by atoms with van der Waals surface area (Å²) in [5.41, 5.74) is 12.2. The summed E-state index contributed by atoms with van der Waals surface area (Å²) >= 11 is 1.36. The molecule has 2 aliphatic carbocycles. The molecule has 0 aromatic heterocycles. The molecule has 2 saturated carbocycles. The summed E-state index contributed by atoms with van der Waals surface area (Å²) < 4.78 is 0. The predicted octanol–water partition coefficient (Wildman–Crippen LogP) is 16.2. The molecule has 0 amide bonds. The second kappa shape index (κ2) is 23.4. The van der Waals surface area contributed by atoms with E-state index in [0.717, 1.165) is 0 Å². The van der Waals surface area contributed by atoms with E-state index in [0.29, 0.717) is 10.8 Å². The molecule has 0 bridgehead atoms. The van der Waals surface area contributed by atoms with Crippen LogP contribution in [0.25, 0.3) is 43.8 Å². The molecule has 300 valence electrons. The van der Waals surface area contributed by atoms with Crippen molar-refractivity contribution in [3.05, 3.63) is 146 Å². The van der Waals surface area contributed by atoms with Gasteiger partial charge in [0, 0.05) is 0 Å². The van der Waals surface area contributed by atoms with Gasteiger partial charge >= 0.3 is 30.2 Å². The van der Waals surface area contributed by atoms with Crippen LogP contribution in [0.1, 0.15) is 113 Å². The Morgan fingerprint density at radius 2 is 0.857 bits per heavy atom. The summed E-state index contributed by atoms with van der Waals surface area (Å²) in [6.45, 7) is 12.2. The van der Waals surface area contributed by atoms with Gasteiger partial charge in [0.1, 0.15) is 0 Å². The van der Waals surface area contributed by atoms with Gasteiger partial charge < -0.3 is 14.9 Å². The first-order valence-electron chi connectivity index (χ1n) is 20.1. The molecular formula is C52H66Cl2SiZr-4. The van der Waals surface area contributed by atoms with Gasteiger partial charge in [-0.15, -0.1) is 93.9 Å². The fourth-order valence-electron chi connectivity index (χ4n) is 9.55. The van der Waals surface area contributed by atoms with Crippen molar-refractivity contribution in [3.8, 4) is 22.3 Å². The fraction of sp³-hybridized carbons (Fsp3) is 0.385. The van der Waals surface area contributed by atoms with E-state index < -0.39 is 0 Å². The van der Waals surface area contributed by atoms with E-state index in [4.69, 9.17) is 0 Å². The molecule has 0 aliphatic heterocycles. The molecule has 0 spiro atoms. The van der Waals surface area contributed by atoms with Crippen LogP contribution in [0.5, 0.6) is 0 Å². The number of hydrogen-bond donors (Lipinski definition) is 0. The molecule has 2 aliphatic rings. The van der Waals surface area contributed by atoms with Crippen LogP contribution in [0.2, 0.25) is 0 Å². The number of aryl methyl sites for hydroxylation is 2. The zero-order chi connectivity index (χ0) is 36.6. The molecular weight excluding hydrogens is 815 g/mol. The van der Waals surface area contributed by atoms with Crippen molar-refractivity contribution >= 4 is 53.2 Å². The predicted molar refractivity (Wildman–Crippen MR) is 252 cm³/mol. The summed E-state index contributed by atoms with van der Waals surface area (Å²) in [7, 11) is 0. The van der Waals surface area contributed by atoms with E-state index >= 15 is 0 Å². The number of halogens is 2. The number of rotatable bonds is 8. The first kappa shape index (κ1) is 49.9. The van der Waals surface area contributed by atoms with Crippen LogP contribution in [-0.2, 0) is 36.2 Å². The summed E-state index contributed by atoms with van der Waals surface area (Å²) in [5.74, 6) is 0. The van der Waals surface area contributed by atoms with Gasteiger partial charge in [-0.25, -0.2) is 0 Å². The van der Waals surface area contributed by atoms with Gasteiger partial charge in [0.2, 0.25) is 0 Å². The molecule has 0 atom stereocenters. The normalized spacial score (nSPS) is 15.3. The monoisotopic (exact) mass is 878 g/mol. The summed E-state index contributed by atoms with van der Waals surface area (Å²) in [5, 5.41) is 5.64. The van der Waals surface area contributed by atoms with Gasteiger partial charge in [-0.2, -0.15) is 12.1 Å². The van der Waals surface area contributed by atoms with Crippen LogP contribution in [0.15, 0.2) is 109 Å². The Labute approximate surface area is 370 Å². The third-order valence-electron chi connectivity index (χ3n) is 12.8. The van der Waals surface area contributed by atoms with Gasteiger partial charge in [-0.05, 0) is 74.3 Å². The molecule has 0 N–H and O–H groups in total. The molecule has 0 unspecified atom stereocenters. The Morgan fingerprint density at radius 3 is 1.18 bits per heavy atom. The van der Waals surface area contributed by atoms with Crippen LogP contribution in [-0.4, -0.2) is 6.88 Å². The van der Waals surface area contributed by atoms with Crippen LogP contribution < -0.4 is 0 Å². The van der Waals surface area contributed by atoms with Crippen molar-refractivity contribution in [2.24, 2.45) is 10.8 Å². The number of fused-ring (bicyclic) bond motifs is 2. The standard InChI is InChI=1S/2C25H29.2CH3.2ClH.Si.Zr/c2*1-3-25(14-5-4-6-15-25)18-20-16-22-8-7-9-23(24(22)17-20)21-12-10-19(2)11-13-21;;;;;;/h2*7-13,16-17H,3-6,14-15,18H2,1-2H3;2*1H3;2*1H;;/q4*-1;;;;. The molecule has 56 heavy (non-hydrogen) atoms. The molecule has 0 heterocycles. The van der Waals surface area contributed by atoms with Crippen molar-refractivity contribution in [2.75, 3.05) is 0 Å². The summed E-state index contributed by atoms with van der Waals surface area (Å²) in [6, 6.07) is 41.2. The van der Waals surface area contributed by atoms with Crippen molar-refractivity contribution in [1.29, 1.82) is 0 Å². The second-order valence-corrected chi connectivity index (χ2v) is 16.3. The van der Waals surface area contributed by atoms with Crippen molar-refractivity contribution in [3.63, 3.8) is 0 Å². The molecule has 4 heteroatoms. The SMILES string of the molecule is CCC1(Cc2cc3c(-c4ccc(C)cc4)cccc3[cH-]2)CCCCC1.CCC1(Cc2cc3c(-c4ccc(C)cc4)cccc3[cH-]2)CCCCC1.Cl.Cl.[CH3-].[CH3-].[Si]=[Zr]. The average Bonchev–Trinajstić information content (AvgIpc) is 3.80. The number of benzene rings is 4. The first-order valence-corrected chi connectivity index (χ1v) is 24.3. The maximum atomic E-state index is 3.06. The fourth-order valence-corrected chi connectivity index (χ4v) is 9.55. The van der Waals surface area contributed by atoms with Gasteiger partial charge in [-0.1, -0.05) is 148 Å². The Balaban J connectivity index is 0.000000347. The zero-order valence-electron chi connectivity index (χ0n) is 35.1. The Hall–Kier alpha value is -2.22. The Kier molecular flexibility index (Phi) is 20.9. The zero-order valence-corrected chi connectivity index (χ0v) is 40.2. The average molecular weight is 881 g/mol. The van der Waals surface area contributed by atoms with Crippen LogP contribution in [0.3, 0.4) is 0 Å². The van der Waals surface area contributed by atoms with E-state index in [9.17, 15) is 0 Å². The molecule has 2 radical (unpaired) electrons. The van der Waals surface area contributed by atoms with Crippen LogP contribution in [0.4, 0.5) is 0 Å². The number of hydrogen-bond acceptors (Lipinski definition) is 0. The third kappa shape index (κ3) is 11.9. The third-order valence-corrected chi connectivity index (χ3v) is 12.8.